The van der Waals surface area contributed by atoms with Gasteiger partial charge in [-0.15, -0.1) is 32.9 Å². The number of carbonyl (C=O) groups excluding carboxylic acids is 1. The summed E-state index contributed by atoms with van der Waals surface area (Å²) in [7, 11) is 0. The highest BCUT2D eigenvalue weighted by atomic mass is 127. The number of nitrogens with two attached hydrogens (primary N) is 1. The van der Waals surface area contributed by atoms with E-state index in [1.54, 1.807) is 22.7 Å². The lowest BCUT2D eigenvalue weighted by atomic mass is 10.0. The third kappa shape index (κ3) is 11.9. The molecule has 5 heterocycles. The quantitative estimate of drug-likeness (QED) is 0.0497. The first-order valence-electron chi connectivity index (χ1n) is 15.9. The van der Waals surface area contributed by atoms with Crippen LogP contribution in [-0.2, 0) is 4.79 Å². The Balaban J connectivity index is 0.000000312. The van der Waals surface area contributed by atoms with Gasteiger partial charge in [0.2, 0.25) is 5.91 Å². The minimum atomic E-state index is -0.410. The van der Waals surface area contributed by atoms with Crippen molar-refractivity contribution < 1.29 is 4.79 Å². The van der Waals surface area contributed by atoms with E-state index < -0.39 is 6.04 Å². The van der Waals surface area contributed by atoms with Gasteiger partial charge in [0.1, 0.15) is 27.9 Å². The lowest BCUT2D eigenvalue weighted by molar-refractivity contribution is -0.116. The highest BCUT2D eigenvalue weighted by molar-refractivity contribution is 14.1. The van der Waals surface area contributed by atoms with E-state index in [1.165, 1.54) is 14.0 Å². The van der Waals surface area contributed by atoms with E-state index in [9.17, 15) is 4.79 Å². The number of fused-ring (bicyclic) bond motifs is 4. The van der Waals surface area contributed by atoms with Crippen molar-refractivity contribution >= 4 is 113 Å². The summed E-state index contributed by atoms with van der Waals surface area (Å²) in [6.45, 7) is 10.1. The largest absolute Gasteiger partial charge is 0.315 e. The van der Waals surface area contributed by atoms with Crippen molar-refractivity contribution in [3.05, 3.63) is 109 Å². The van der Waals surface area contributed by atoms with Crippen molar-refractivity contribution in [1.82, 2.24) is 14.8 Å². The van der Waals surface area contributed by atoms with Crippen molar-refractivity contribution in [2.75, 3.05) is 5.32 Å². The second-order valence-electron chi connectivity index (χ2n) is 11.3. The summed E-state index contributed by atoms with van der Waals surface area (Å²) in [6.07, 6.45) is 0. The van der Waals surface area contributed by atoms with Crippen molar-refractivity contribution in [2.24, 2.45) is 52.4 Å². The molecule has 5 aromatic rings. The van der Waals surface area contributed by atoms with Crippen molar-refractivity contribution in [3.63, 3.8) is 0 Å². The number of aromatic nitrogens is 3. The number of hydrogen-bond donors (Lipinski definition) is 5. The molecule has 58 heavy (non-hydrogen) atoms. The molecule has 2 atom stereocenters. The van der Waals surface area contributed by atoms with E-state index in [2.05, 4.69) is 133 Å². The van der Waals surface area contributed by atoms with Gasteiger partial charge in [-0.1, -0.05) is 67.5 Å². The monoisotopic (exact) mass is 1090 g/mol. The number of anilines is 1. The van der Waals surface area contributed by atoms with E-state index in [0.29, 0.717) is 5.02 Å². The van der Waals surface area contributed by atoms with Crippen LogP contribution in [0.5, 0.6) is 0 Å². The van der Waals surface area contributed by atoms with E-state index in [1.807, 2.05) is 62.4 Å². The van der Waals surface area contributed by atoms with Crippen LogP contribution in [0.2, 0.25) is 10.0 Å². The molecule has 7 rings (SSSR count). The van der Waals surface area contributed by atoms with Crippen molar-refractivity contribution in [1.29, 1.82) is 16.6 Å². The smallest absolute Gasteiger partial charge is 0.249 e. The molecule has 0 bridgehead atoms. The Hall–Kier alpha value is -4.37. The molecule has 6 N–H and O–H groups in total. The summed E-state index contributed by atoms with van der Waals surface area (Å²) in [4.78, 5) is 21.7. The van der Waals surface area contributed by atoms with E-state index >= 15 is 0 Å². The number of rotatable bonds is 5. The molecule has 306 valence electrons. The zero-order valence-electron chi connectivity index (χ0n) is 30.0. The standard InChI is InChI=1S/C17H14ClIN4S.C15H12ClIN2OS.2CH4.H2N6.H3N5/c1-8-13-14(11-4-6-12(18)7-5-11)20-9(2)16-22-21-10(3)23(16)17(13)24-15(8)19;1-7-11-12(9-3-5-10(16)6-4-9)18-8(2)14(20)19-15(11)21-13(7)17;;;1-3-5-6-4-2;1-3-5-4-2/h4-7,9H,1-3H3;3-6,8H,1-2H3,(H,19,20);2*1H4;1-2H;(H3,1,2,5)/b;;;;3-1?,4-2?,6-5+;/t9-;8-;;;;/m00..../s1. The normalized spacial score (nSPS) is 14.9. The number of benzene rings is 2. The predicted molar refractivity (Wildman–Crippen MR) is 247 cm³/mol. The van der Waals surface area contributed by atoms with Gasteiger partial charge in [-0.3, -0.25) is 19.3 Å². The van der Waals surface area contributed by atoms with Gasteiger partial charge in [0.25, 0.3) is 0 Å². The number of hydrogen-bond acceptors (Lipinski definition) is 11. The number of aliphatic imine (C=N–C) groups is 2. The Morgan fingerprint density at radius 2 is 1.21 bits per heavy atom. The van der Waals surface area contributed by atoms with E-state index in [-0.39, 0.29) is 26.8 Å². The van der Waals surface area contributed by atoms with Gasteiger partial charge in [0, 0.05) is 32.3 Å². The van der Waals surface area contributed by atoms with Gasteiger partial charge in [0.05, 0.1) is 17.2 Å². The van der Waals surface area contributed by atoms with Gasteiger partial charge in [-0.2, -0.15) is 16.6 Å². The van der Waals surface area contributed by atoms with Crippen LogP contribution in [0.25, 0.3) is 5.00 Å². The van der Waals surface area contributed by atoms with Crippen LogP contribution in [0, 0.1) is 43.1 Å². The molecule has 0 unspecified atom stereocenters. The first kappa shape index (κ1) is 49.8. The molecule has 0 saturated heterocycles. The molecule has 1 amide bonds. The summed E-state index contributed by atoms with van der Waals surface area (Å²) >= 11 is 20.1. The van der Waals surface area contributed by atoms with Gasteiger partial charge in [0.15, 0.2) is 5.82 Å². The second kappa shape index (κ2) is 23.3. The molecule has 0 aliphatic carbocycles. The molecule has 3 aromatic heterocycles. The zero-order chi connectivity index (χ0) is 41.1. The van der Waals surface area contributed by atoms with Crippen molar-refractivity contribution in [3.8, 4) is 5.00 Å². The number of nitrogens with zero attached hydrogens (tertiary/aromatic N) is 12. The topological polar surface area (TPSA) is 269 Å². The van der Waals surface area contributed by atoms with Gasteiger partial charge < -0.3 is 11.2 Å². The van der Waals surface area contributed by atoms with Crippen LogP contribution >= 0.6 is 91.1 Å². The molecule has 0 fully saturated rings. The highest BCUT2D eigenvalue weighted by Crippen LogP contribution is 2.40. The maximum Gasteiger partial charge on any atom is 0.249 e. The molecule has 18 nitrogen and oxygen atoms in total. The van der Waals surface area contributed by atoms with Gasteiger partial charge in [-0.05, 0) is 147 Å². The second-order valence-corrected chi connectivity index (χ2v) is 17.8. The summed E-state index contributed by atoms with van der Waals surface area (Å²) in [5, 5.41) is 32.9. The fourth-order valence-corrected chi connectivity index (χ4v) is 9.34. The summed E-state index contributed by atoms with van der Waals surface area (Å²) in [5.41, 5.74) is 26.2. The number of carbonyl (C=O) groups is 1. The Morgan fingerprint density at radius 3 is 1.69 bits per heavy atom. The fourth-order valence-electron chi connectivity index (χ4n) is 5.23. The van der Waals surface area contributed by atoms with Gasteiger partial charge in [-0.25, -0.2) is 0 Å². The molecule has 2 aliphatic rings. The minimum Gasteiger partial charge on any atom is -0.315 e. The SMILES string of the molecule is C.C.Cc1c(I)sc2c1C(c1ccc(Cl)cc1)=N[C@@H](C)C(=O)N2.Cc1c(I)sc2c1C(c1ccc(Cl)cc1)=N[C@@H](C)c1nnc(C)n1-2.N=N/N=N/N.N=N/N=N/N=N. The van der Waals surface area contributed by atoms with E-state index in [0.717, 1.165) is 63.2 Å². The summed E-state index contributed by atoms with van der Waals surface area (Å²) in [5.74, 6) is 6.09. The molecule has 0 saturated carbocycles. The molecule has 24 heteroatoms. The van der Waals surface area contributed by atoms with Crippen LogP contribution < -0.4 is 11.2 Å². The van der Waals surface area contributed by atoms with Crippen LogP contribution in [0.1, 0.15) is 79.8 Å². The van der Waals surface area contributed by atoms with Crippen LogP contribution in [0.15, 0.2) is 95.1 Å². The average molecular weight is 1090 g/mol. The summed E-state index contributed by atoms with van der Waals surface area (Å²) < 4.78 is 4.56. The molecule has 2 aliphatic heterocycles. The van der Waals surface area contributed by atoms with Crippen LogP contribution in [0.3, 0.4) is 0 Å². The predicted octanol–water partition coefficient (Wildman–Crippen LogP) is 12.5. The molecule has 0 spiro atoms. The fraction of sp³-hybridized carbons (Fsp3) is 0.265. The minimum absolute atomic E-state index is 0. The number of halogens is 4. The first-order chi connectivity index (χ1) is 26.8. The molecular weight excluding hydrogens is 1050 g/mol. The number of nitrogens with one attached hydrogen (secondary N) is 4. The van der Waals surface area contributed by atoms with Crippen molar-refractivity contribution in [2.45, 2.75) is 61.6 Å². The maximum absolute atomic E-state index is 12.1. The third-order valence-corrected chi connectivity index (χ3v) is 13.3. The third-order valence-electron chi connectivity index (χ3n) is 7.78. The maximum atomic E-state index is 12.1. The average Bonchev–Trinajstić information content (AvgIpc) is 3.74. The lowest BCUT2D eigenvalue weighted by Crippen LogP contribution is -2.21. The van der Waals surface area contributed by atoms with E-state index in [4.69, 9.17) is 44.8 Å². The van der Waals surface area contributed by atoms with Crippen LogP contribution in [0.4, 0.5) is 5.00 Å². The highest BCUT2D eigenvalue weighted by Gasteiger charge is 2.30. The van der Waals surface area contributed by atoms with Crippen LogP contribution in [-0.4, -0.2) is 38.1 Å². The Labute approximate surface area is 380 Å². The number of aryl methyl sites for hydroxylation is 1. The Kier molecular flexibility index (Phi) is 20.0. The lowest BCUT2D eigenvalue weighted by Gasteiger charge is -2.09. The number of thiophene rings is 2. The number of amides is 1. The molecule has 0 radical (unpaired) electrons. The first-order valence-corrected chi connectivity index (χ1v) is 20.4. The van der Waals surface area contributed by atoms with Gasteiger partial charge >= 0.3 is 0 Å². The summed E-state index contributed by atoms with van der Waals surface area (Å²) in [6, 6.07) is 15.0. The Morgan fingerprint density at radius 1 is 0.741 bits per heavy atom. The molecule has 2 aromatic carbocycles. The Bertz CT molecular complexity index is 2340. The molecular formula is C34H39Cl2I2N17OS2. The zero-order valence-corrected chi connectivity index (χ0v) is 37.4.